The molecular formula is C21H18N2O4. The second-order valence-corrected chi connectivity index (χ2v) is 5.71. The molecule has 0 unspecified atom stereocenters. The number of rotatable bonds is 5. The van der Waals surface area contributed by atoms with Crippen molar-refractivity contribution < 1.29 is 14.2 Å². The summed E-state index contributed by atoms with van der Waals surface area (Å²) in [5, 5.41) is 9.44. The Hall–Kier alpha value is -3.72. The molecule has 0 radical (unpaired) electrons. The maximum absolute atomic E-state index is 12.5. The number of ether oxygens (including phenoxy) is 3. The fourth-order valence-corrected chi connectivity index (χ4v) is 2.83. The molecule has 0 fully saturated rings. The second-order valence-electron chi connectivity index (χ2n) is 5.71. The van der Waals surface area contributed by atoms with E-state index in [1.54, 1.807) is 51.7 Å². The van der Waals surface area contributed by atoms with Gasteiger partial charge in [-0.15, -0.1) is 0 Å². The van der Waals surface area contributed by atoms with Crippen molar-refractivity contribution in [2.24, 2.45) is 0 Å². The smallest absolute Gasteiger partial charge is 0.266 e. The topological polar surface area (TPSA) is 84.3 Å². The zero-order chi connectivity index (χ0) is 19.4. The molecular weight excluding hydrogens is 344 g/mol. The molecule has 0 amide bonds. The van der Waals surface area contributed by atoms with Gasteiger partial charge in [0.25, 0.3) is 5.56 Å². The van der Waals surface area contributed by atoms with Crippen LogP contribution in [0.5, 0.6) is 17.2 Å². The molecule has 6 nitrogen and oxygen atoms in total. The van der Waals surface area contributed by atoms with Crippen molar-refractivity contribution in [2.75, 3.05) is 21.3 Å². The van der Waals surface area contributed by atoms with E-state index < -0.39 is 5.56 Å². The van der Waals surface area contributed by atoms with Gasteiger partial charge in [-0.2, -0.15) is 5.26 Å². The fourth-order valence-electron chi connectivity index (χ4n) is 2.83. The minimum Gasteiger partial charge on any atom is -0.497 e. The predicted molar refractivity (Wildman–Crippen MR) is 102 cm³/mol. The summed E-state index contributed by atoms with van der Waals surface area (Å²) in [5.74, 6) is 1.83. The monoisotopic (exact) mass is 362 g/mol. The average molecular weight is 362 g/mol. The molecule has 3 rings (SSSR count). The minimum atomic E-state index is -0.449. The molecule has 1 aromatic heterocycles. The van der Waals surface area contributed by atoms with Crippen LogP contribution in [0.15, 0.2) is 53.3 Å². The van der Waals surface area contributed by atoms with Gasteiger partial charge in [0.05, 0.1) is 21.3 Å². The van der Waals surface area contributed by atoms with Crippen LogP contribution in [0.2, 0.25) is 0 Å². The number of nitriles is 1. The number of methoxy groups -OCH3 is 3. The fraction of sp³-hybridized carbons (Fsp3) is 0.143. The average Bonchev–Trinajstić information content (AvgIpc) is 2.72. The third-order valence-electron chi connectivity index (χ3n) is 4.24. The van der Waals surface area contributed by atoms with E-state index in [2.05, 4.69) is 4.98 Å². The molecule has 0 saturated carbocycles. The van der Waals surface area contributed by atoms with Gasteiger partial charge in [0.1, 0.15) is 17.4 Å². The van der Waals surface area contributed by atoms with Crippen LogP contribution in [0.25, 0.3) is 22.4 Å². The van der Waals surface area contributed by atoms with Crippen molar-refractivity contribution in [3.8, 4) is 45.7 Å². The standard InChI is InChI=1S/C21H18N2O4/c1-25-15-7-4-13(5-8-15)16-11-18(23-21(24)17(16)12-22)14-6-9-19(26-2)20(10-14)27-3/h4-11H,1-3H3,(H,23,24). The Morgan fingerprint density at radius 2 is 1.52 bits per heavy atom. The quantitative estimate of drug-likeness (QED) is 0.749. The summed E-state index contributed by atoms with van der Waals surface area (Å²) in [6.45, 7) is 0. The Morgan fingerprint density at radius 3 is 2.11 bits per heavy atom. The van der Waals surface area contributed by atoms with E-state index in [-0.39, 0.29) is 5.56 Å². The summed E-state index contributed by atoms with van der Waals surface area (Å²) in [7, 11) is 4.69. The van der Waals surface area contributed by atoms with Crippen molar-refractivity contribution in [3.05, 3.63) is 64.4 Å². The Balaban J connectivity index is 2.17. The highest BCUT2D eigenvalue weighted by Gasteiger charge is 2.14. The molecule has 0 aliphatic rings. The Kier molecular flexibility index (Phi) is 5.13. The van der Waals surface area contributed by atoms with Gasteiger partial charge in [0, 0.05) is 16.8 Å². The first-order valence-electron chi connectivity index (χ1n) is 8.15. The number of nitrogens with one attached hydrogen (secondary N) is 1. The normalized spacial score (nSPS) is 10.1. The Morgan fingerprint density at radius 1 is 0.852 bits per heavy atom. The largest absolute Gasteiger partial charge is 0.497 e. The molecule has 1 N–H and O–H groups in total. The van der Waals surface area contributed by atoms with Crippen molar-refractivity contribution in [1.29, 1.82) is 5.26 Å². The molecule has 3 aromatic rings. The van der Waals surface area contributed by atoms with Crippen molar-refractivity contribution in [3.63, 3.8) is 0 Å². The number of pyridine rings is 1. The first-order valence-corrected chi connectivity index (χ1v) is 8.15. The number of aromatic amines is 1. The highest BCUT2D eigenvalue weighted by molar-refractivity contribution is 5.76. The molecule has 0 spiro atoms. The first-order chi connectivity index (χ1) is 13.1. The van der Waals surface area contributed by atoms with Crippen LogP contribution in [0.4, 0.5) is 0 Å². The van der Waals surface area contributed by atoms with E-state index in [1.165, 1.54) is 0 Å². The van der Waals surface area contributed by atoms with Gasteiger partial charge in [-0.3, -0.25) is 4.79 Å². The van der Waals surface area contributed by atoms with E-state index in [4.69, 9.17) is 14.2 Å². The van der Waals surface area contributed by atoms with Gasteiger partial charge in [-0.05, 0) is 42.0 Å². The number of nitrogens with zero attached hydrogens (tertiary/aromatic N) is 1. The van der Waals surface area contributed by atoms with Gasteiger partial charge in [-0.1, -0.05) is 12.1 Å². The van der Waals surface area contributed by atoms with Crippen LogP contribution in [-0.4, -0.2) is 26.3 Å². The molecule has 1 heterocycles. The third-order valence-corrected chi connectivity index (χ3v) is 4.24. The van der Waals surface area contributed by atoms with Gasteiger partial charge < -0.3 is 19.2 Å². The molecule has 27 heavy (non-hydrogen) atoms. The SMILES string of the molecule is COc1ccc(-c2cc(-c3ccc(OC)c(OC)c3)[nH]c(=O)c2C#N)cc1. The minimum absolute atomic E-state index is 0.0596. The van der Waals surface area contributed by atoms with Crippen molar-refractivity contribution >= 4 is 0 Å². The maximum Gasteiger partial charge on any atom is 0.266 e. The molecule has 0 bridgehead atoms. The molecule has 0 aliphatic heterocycles. The van der Waals surface area contributed by atoms with Crippen LogP contribution in [0.3, 0.4) is 0 Å². The van der Waals surface area contributed by atoms with E-state index in [1.807, 2.05) is 24.3 Å². The number of aromatic nitrogens is 1. The van der Waals surface area contributed by atoms with Crippen LogP contribution >= 0.6 is 0 Å². The number of H-pyrrole nitrogens is 1. The molecule has 6 heteroatoms. The van der Waals surface area contributed by atoms with E-state index in [9.17, 15) is 10.1 Å². The lowest BCUT2D eigenvalue weighted by Crippen LogP contribution is -2.12. The molecule has 2 aromatic carbocycles. The first kappa shape index (κ1) is 18.1. The zero-order valence-corrected chi connectivity index (χ0v) is 15.2. The lowest BCUT2D eigenvalue weighted by molar-refractivity contribution is 0.355. The third kappa shape index (κ3) is 3.48. The van der Waals surface area contributed by atoms with Crippen LogP contribution in [0, 0.1) is 11.3 Å². The summed E-state index contributed by atoms with van der Waals surface area (Å²) in [4.78, 5) is 15.2. The summed E-state index contributed by atoms with van der Waals surface area (Å²) in [5.41, 5.74) is 2.23. The summed E-state index contributed by atoms with van der Waals surface area (Å²) < 4.78 is 15.7. The van der Waals surface area contributed by atoms with Gasteiger partial charge in [-0.25, -0.2) is 0 Å². The van der Waals surface area contributed by atoms with Crippen LogP contribution in [0.1, 0.15) is 5.56 Å². The number of hydrogen-bond donors (Lipinski definition) is 1. The summed E-state index contributed by atoms with van der Waals surface area (Å²) in [6.07, 6.45) is 0. The predicted octanol–water partition coefficient (Wildman–Crippen LogP) is 3.61. The molecule has 0 saturated heterocycles. The van der Waals surface area contributed by atoms with E-state index >= 15 is 0 Å². The Labute approximate surface area is 156 Å². The van der Waals surface area contributed by atoms with Crippen LogP contribution in [-0.2, 0) is 0 Å². The molecule has 136 valence electrons. The highest BCUT2D eigenvalue weighted by atomic mass is 16.5. The van der Waals surface area contributed by atoms with Crippen molar-refractivity contribution in [2.45, 2.75) is 0 Å². The number of benzene rings is 2. The van der Waals surface area contributed by atoms with Gasteiger partial charge >= 0.3 is 0 Å². The van der Waals surface area contributed by atoms with Gasteiger partial charge in [0.2, 0.25) is 0 Å². The van der Waals surface area contributed by atoms with E-state index in [0.29, 0.717) is 28.5 Å². The highest BCUT2D eigenvalue weighted by Crippen LogP contribution is 2.33. The Bertz CT molecular complexity index is 1060. The summed E-state index contributed by atoms with van der Waals surface area (Å²) >= 11 is 0. The van der Waals surface area contributed by atoms with Crippen LogP contribution < -0.4 is 19.8 Å². The lowest BCUT2D eigenvalue weighted by atomic mass is 9.99. The zero-order valence-electron chi connectivity index (χ0n) is 15.2. The lowest BCUT2D eigenvalue weighted by Gasteiger charge is -2.11. The summed E-state index contributed by atoms with van der Waals surface area (Å²) in [6, 6.07) is 16.3. The van der Waals surface area contributed by atoms with Gasteiger partial charge in [0.15, 0.2) is 11.5 Å². The van der Waals surface area contributed by atoms with Crippen molar-refractivity contribution in [1.82, 2.24) is 4.98 Å². The maximum atomic E-state index is 12.5. The molecule has 0 atom stereocenters. The van der Waals surface area contributed by atoms with E-state index in [0.717, 1.165) is 11.1 Å². The molecule has 0 aliphatic carbocycles. The number of hydrogen-bond acceptors (Lipinski definition) is 5. The second kappa shape index (κ2) is 7.67.